The fourth-order valence-corrected chi connectivity index (χ4v) is 4.34. The number of piperidine rings is 1. The number of rotatable bonds is 4. The van der Waals surface area contributed by atoms with E-state index in [1.165, 1.54) is 0 Å². The first-order chi connectivity index (χ1) is 14.0. The predicted molar refractivity (Wildman–Crippen MR) is 112 cm³/mol. The summed E-state index contributed by atoms with van der Waals surface area (Å²) in [5.74, 6) is 0.806. The minimum absolute atomic E-state index is 0.0160. The van der Waals surface area contributed by atoms with Crippen LogP contribution < -0.4 is 5.32 Å². The first-order valence-corrected chi connectivity index (χ1v) is 10.8. The number of nitrogens with one attached hydrogen (secondary N) is 1. The van der Waals surface area contributed by atoms with Crippen molar-refractivity contribution in [2.75, 3.05) is 13.1 Å². The van der Waals surface area contributed by atoms with Crippen LogP contribution in [0.25, 0.3) is 0 Å². The van der Waals surface area contributed by atoms with E-state index in [1.807, 2.05) is 46.7 Å². The average molecular weight is 395 g/mol. The molecule has 2 aromatic rings. The molecule has 2 amide bonds. The highest BCUT2D eigenvalue weighted by Crippen LogP contribution is 2.25. The molecule has 1 aromatic heterocycles. The van der Waals surface area contributed by atoms with Gasteiger partial charge >= 0.3 is 0 Å². The summed E-state index contributed by atoms with van der Waals surface area (Å²) in [7, 11) is 0. The molecule has 1 fully saturated rings. The van der Waals surface area contributed by atoms with Crippen LogP contribution in [0.1, 0.15) is 77.9 Å². The van der Waals surface area contributed by atoms with Crippen LogP contribution in [0.5, 0.6) is 0 Å². The van der Waals surface area contributed by atoms with E-state index in [0.717, 1.165) is 63.0 Å². The fourth-order valence-electron chi connectivity index (χ4n) is 4.34. The molecule has 29 heavy (non-hydrogen) atoms. The molecular formula is C23H30N4O2. The van der Waals surface area contributed by atoms with Gasteiger partial charge in [-0.1, -0.05) is 37.3 Å². The van der Waals surface area contributed by atoms with E-state index in [-0.39, 0.29) is 17.9 Å². The quantitative estimate of drug-likeness (QED) is 0.862. The van der Waals surface area contributed by atoms with E-state index in [1.54, 1.807) is 0 Å². The van der Waals surface area contributed by atoms with Crippen molar-refractivity contribution in [2.45, 2.75) is 58.5 Å². The molecule has 0 aliphatic carbocycles. The zero-order valence-corrected chi connectivity index (χ0v) is 17.4. The van der Waals surface area contributed by atoms with Gasteiger partial charge in [0.1, 0.15) is 5.69 Å². The highest BCUT2D eigenvalue weighted by molar-refractivity contribution is 5.97. The number of nitrogens with zero attached hydrogens (tertiary/aromatic N) is 3. The Balaban J connectivity index is 1.57. The van der Waals surface area contributed by atoms with Crippen molar-refractivity contribution in [2.24, 2.45) is 5.92 Å². The minimum atomic E-state index is -0.212. The van der Waals surface area contributed by atoms with Crippen LogP contribution in [0, 0.1) is 5.92 Å². The highest BCUT2D eigenvalue weighted by Gasteiger charge is 2.31. The smallest absolute Gasteiger partial charge is 0.287 e. The lowest BCUT2D eigenvalue weighted by molar-refractivity contribution is 0.0690. The van der Waals surface area contributed by atoms with Gasteiger partial charge < -0.3 is 14.8 Å². The first kappa shape index (κ1) is 19.7. The summed E-state index contributed by atoms with van der Waals surface area (Å²) in [6.07, 6.45) is 4.91. The molecule has 0 saturated carbocycles. The molecule has 1 atom stereocenters. The maximum atomic E-state index is 13.2. The van der Waals surface area contributed by atoms with Gasteiger partial charge in [-0.2, -0.15) is 0 Å². The van der Waals surface area contributed by atoms with Crippen molar-refractivity contribution in [3.63, 3.8) is 0 Å². The molecule has 0 spiro atoms. The fraction of sp³-hybridized carbons (Fsp3) is 0.522. The molecule has 2 aliphatic rings. The number of carbonyl (C=O) groups excluding carboxylic acids is 2. The third-order valence-corrected chi connectivity index (χ3v) is 6.24. The van der Waals surface area contributed by atoms with Crippen LogP contribution in [-0.2, 0) is 13.0 Å². The van der Waals surface area contributed by atoms with E-state index in [0.29, 0.717) is 17.4 Å². The van der Waals surface area contributed by atoms with E-state index < -0.39 is 0 Å². The molecule has 0 bridgehead atoms. The van der Waals surface area contributed by atoms with Gasteiger partial charge in [-0.05, 0) is 50.5 Å². The van der Waals surface area contributed by atoms with Crippen LogP contribution in [-0.4, -0.2) is 39.4 Å². The zero-order chi connectivity index (χ0) is 20.4. The Hall–Kier alpha value is -2.63. The van der Waals surface area contributed by atoms with E-state index >= 15 is 0 Å². The summed E-state index contributed by atoms with van der Waals surface area (Å²) in [5, 5.41) is 3.05. The Morgan fingerprint density at radius 3 is 2.55 bits per heavy atom. The van der Waals surface area contributed by atoms with Crippen LogP contribution in [0.15, 0.2) is 30.3 Å². The molecular weight excluding hydrogens is 364 g/mol. The number of fused-ring (bicyclic) bond motifs is 1. The number of amides is 2. The van der Waals surface area contributed by atoms with Gasteiger partial charge in [0, 0.05) is 19.6 Å². The van der Waals surface area contributed by atoms with Gasteiger partial charge in [-0.15, -0.1) is 0 Å². The second kappa shape index (κ2) is 8.39. The normalized spacial score (nSPS) is 18.2. The Bertz CT molecular complexity index is 882. The Labute approximate surface area is 172 Å². The number of carbonyl (C=O) groups is 2. The first-order valence-electron chi connectivity index (χ1n) is 10.8. The lowest BCUT2D eigenvalue weighted by atomic mass is 9.98. The van der Waals surface area contributed by atoms with E-state index in [2.05, 4.69) is 17.2 Å². The molecule has 2 aliphatic heterocycles. The Morgan fingerprint density at radius 2 is 1.83 bits per heavy atom. The van der Waals surface area contributed by atoms with E-state index in [4.69, 9.17) is 0 Å². The summed E-state index contributed by atoms with van der Waals surface area (Å²) >= 11 is 0. The number of imidazole rings is 1. The molecule has 1 unspecified atom stereocenters. The second-order valence-corrected chi connectivity index (χ2v) is 8.42. The molecule has 6 nitrogen and oxygen atoms in total. The lowest BCUT2D eigenvalue weighted by Crippen LogP contribution is -2.38. The predicted octanol–water partition coefficient (Wildman–Crippen LogP) is 3.58. The molecule has 154 valence electrons. The van der Waals surface area contributed by atoms with Gasteiger partial charge in [0.25, 0.3) is 11.8 Å². The number of hydrogen-bond donors (Lipinski definition) is 1. The second-order valence-electron chi connectivity index (χ2n) is 8.42. The number of likely N-dealkylation sites (tertiary alicyclic amines) is 1. The Morgan fingerprint density at radius 1 is 1.10 bits per heavy atom. The van der Waals surface area contributed by atoms with Crippen LogP contribution in [0.4, 0.5) is 0 Å². The summed E-state index contributed by atoms with van der Waals surface area (Å²) in [4.78, 5) is 32.7. The van der Waals surface area contributed by atoms with Crippen LogP contribution in [0.3, 0.4) is 0 Å². The number of aromatic nitrogens is 2. The molecule has 1 saturated heterocycles. The van der Waals surface area contributed by atoms with Crippen molar-refractivity contribution in [3.05, 3.63) is 53.1 Å². The summed E-state index contributed by atoms with van der Waals surface area (Å²) in [6.45, 7) is 6.50. The van der Waals surface area contributed by atoms with Crippen molar-refractivity contribution < 1.29 is 9.59 Å². The van der Waals surface area contributed by atoms with Gasteiger partial charge in [0.15, 0.2) is 5.82 Å². The van der Waals surface area contributed by atoms with Gasteiger partial charge in [-0.25, -0.2) is 4.98 Å². The minimum Gasteiger partial charge on any atom is -0.343 e. The largest absolute Gasteiger partial charge is 0.343 e. The Kier molecular flexibility index (Phi) is 5.69. The van der Waals surface area contributed by atoms with Crippen molar-refractivity contribution in [1.29, 1.82) is 0 Å². The summed E-state index contributed by atoms with van der Waals surface area (Å²) in [6, 6.07) is 9.76. The highest BCUT2D eigenvalue weighted by atomic mass is 16.2. The third-order valence-electron chi connectivity index (χ3n) is 6.24. The van der Waals surface area contributed by atoms with Gasteiger partial charge in [0.2, 0.25) is 0 Å². The van der Waals surface area contributed by atoms with Gasteiger partial charge in [-0.3, -0.25) is 9.59 Å². The molecule has 6 heteroatoms. The third kappa shape index (κ3) is 4.07. The lowest BCUT2D eigenvalue weighted by Gasteiger charge is -2.30. The van der Waals surface area contributed by atoms with Gasteiger partial charge in [0.05, 0.1) is 11.7 Å². The molecule has 3 heterocycles. The maximum absolute atomic E-state index is 13.2. The summed E-state index contributed by atoms with van der Waals surface area (Å²) in [5.41, 5.74) is 2.46. The van der Waals surface area contributed by atoms with Crippen LogP contribution >= 0.6 is 0 Å². The van der Waals surface area contributed by atoms with Crippen molar-refractivity contribution >= 4 is 11.8 Å². The van der Waals surface area contributed by atoms with E-state index in [9.17, 15) is 9.59 Å². The molecule has 1 N–H and O–H groups in total. The topological polar surface area (TPSA) is 67.2 Å². The monoisotopic (exact) mass is 394 g/mol. The standard InChI is InChI=1S/C23H30N4O2/c1-16-11-14-26(15-12-16)23(29)20-19-10-6-7-13-27(19)21(25-20)22(28)24-17(2)18-8-4-3-5-9-18/h3-5,8-9,16-17H,6-7,10-15H2,1-2H3,(H,24,28). The van der Waals surface area contributed by atoms with Crippen molar-refractivity contribution in [3.8, 4) is 0 Å². The molecule has 4 rings (SSSR count). The van der Waals surface area contributed by atoms with Crippen molar-refractivity contribution in [1.82, 2.24) is 19.8 Å². The van der Waals surface area contributed by atoms with Crippen LogP contribution in [0.2, 0.25) is 0 Å². The SMILES string of the molecule is CC1CCN(C(=O)c2nc(C(=O)NC(C)c3ccccc3)n3c2CCCC3)CC1. The molecule has 0 radical (unpaired) electrons. The zero-order valence-electron chi connectivity index (χ0n) is 17.4. The maximum Gasteiger partial charge on any atom is 0.287 e. The number of benzene rings is 1. The average Bonchev–Trinajstić information content (AvgIpc) is 3.14. The summed E-state index contributed by atoms with van der Waals surface area (Å²) < 4.78 is 1.97. The number of hydrogen-bond acceptors (Lipinski definition) is 3. The molecule has 1 aromatic carbocycles.